The normalized spacial score (nSPS) is 13.7. The molecule has 4 heteroatoms. The molecule has 112 valence electrons. The largest absolute Gasteiger partial charge is 0.334 e. The first kappa shape index (κ1) is 14.3. The maximum Gasteiger partial charge on any atom is 0.254 e. The summed E-state index contributed by atoms with van der Waals surface area (Å²) in [6, 6.07) is 15.5. The summed E-state index contributed by atoms with van der Waals surface area (Å²) < 4.78 is 0. The molecular formula is C18H18N2O2. The quantitative estimate of drug-likeness (QED) is 0.946. The minimum absolute atomic E-state index is 0.0551. The van der Waals surface area contributed by atoms with E-state index in [1.54, 1.807) is 12.1 Å². The Morgan fingerprint density at radius 3 is 2.68 bits per heavy atom. The van der Waals surface area contributed by atoms with Crippen LogP contribution < -0.4 is 5.32 Å². The Bertz CT molecular complexity index is 710. The fraction of sp³-hybridized carbons (Fsp3) is 0.222. The van der Waals surface area contributed by atoms with Crippen LogP contribution in [-0.4, -0.2) is 23.3 Å². The molecule has 0 atom stereocenters. The van der Waals surface area contributed by atoms with Crippen LogP contribution in [0, 0.1) is 0 Å². The highest BCUT2D eigenvalue weighted by Gasteiger charge is 2.24. The molecule has 0 fully saturated rings. The molecule has 1 heterocycles. The van der Waals surface area contributed by atoms with E-state index in [1.807, 2.05) is 41.3 Å². The summed E-state index contributed by atoms with van der Waals surface area (Å²) in [4.78, 5) is 25.6. The third-order valence-corrected chi connectivity index (χ3v) is 3.81. The van der Waals surface area contributed by atoms with Crippen LogP contribution in [0.15, 0.2) is 48.5 Å². The van der Waals surface area contributed by atoms with Gasteiger partial charge in [0.1, 0.15) is 0 Å². The topological polar surface area (TPSA) is 49.4 Å². The molecule has 22 heavy (non-hydrogen) atoms. The van der Waals surface area contributed by atoms with Crippen molar-refractivity contribution in [3.05, 3.63) is 65.2 Å². The van der Waals surface area contributed by atoms with Gasteiger partial charge in [-0.2, -0.15) is 0 Å². The lowest BCUT2D eigenvalue weighted by atomic mass is 9.97. The van der Waals surface area contributed by atoms with Crippen LogP contribution in [0.3, 0.4) is 0 Å². The third kappa shape index (κ3) is 3.01. The molecule has 1 N–H and O–H groups in total. The van der Waals surface area contributed by atoms with Gasteiger partial charge in [0.25, 0.3) is 5.91 Å². The number of carbonyl (C=O) groups is 2. The highest BCUT2D eigenvalue weighted by molar-refractivity contribution is 5.98. The van der Waals surface area contributed by atoms with Gasteiger partial charge in [-0.25, -0.2) is 0 Å². The van der Waals surface area contributed by atoms with Gasteiger partial charge in [-0.1, -0.05) is 30.3 Å². The molecule has 2 amide bonds. The van der Waals surface area contributed by atoms with Gasteiger partial charge in [-0.15, -0.1) is 0 Å². The molecule has 0 saturated heterocycles. The Balaban J connectivity index is 1.79. The van der Waals surface area contributed by atoms with Crippen molar-refractivity contribution in [3.8, 4) is 0 Å². The van der Waals surface area contributed by atoms with Crippen LogP contribution in [-0.2, 0) is 17.8 Å². The predicted octanol–water partition coefficient (Wildman–Crippen LogP) is 2.84. The minimum Gasteiger partial charge on any atom is -0.334 e. The Morgan fingerprint density at radius 2 is 1.95 bits per heavy atom. The van der Waals surface area contributed by atoms with E-state index in [-0.39, 0.29) is 11.8 Å². The fourth-order valence-corrected chi connectivity index (χ4v) is 2.77. The summed E-state index contributed by atoms with van der Waals surface area (Å²) in [5, 5.41) is 2.76. The Morgan fingerprint density at radius 1 is 1.18 bits per heavy atom. The van der Waals surface area contributed by atoms with Gasteiger partial charge >= 0.3 is 0 Å². The van der Waals surface area contributed by atoms with E-state index in [9.17, 15) is 9.59 Å². The van der Waals surface area contributed by atoms with Gasteiger partial charge in [0.15, 0.2) is 0 Å². The summed E-state index contributed by atoms with van der Waals surface area (Å²) in [6.07, 6.45) is 0.807. The van der Waals surface area contributed by atoms with E-state index in [1.165, 1.54) is 6.92 Å². The zero-order valence-corrected chi connectivity index (χ0v) is 12.5. The fourth-order valence-electron chi connectivity index (χ4n) is 2.77. The molecule has 0 saturated carbocycles. The lowest BCUT2D eigenvalue weighted by Gasteiger charge is -2.29. The van der Waals surface area contributed by atoms with Crippen molar-refractivity contribution >= 4 is 17.5 Å². The number of rotatable bonds is 3. The summed E-state index contributed by atoms with van der Waals surface area (Å²) in [5.74, 6) is -0.0488. The van der Waals surface area contributed by atoms with Crippen molar-refractivity contribution in [2.45, 2.75) is 19.9 Å². The van der Waals surface area contributed by atoms with Crippen molar-refractivity contribution in [1.82, 2.24) is 4.90 Å². The molecule has 0 aliphatic carbocycles. The SMILES string of the molecule is CC(=O)Nc1ccc2c(c1)CCN(Cc1ccccc1)C2=O. The first-order chi connectivity index (χ1) is 10.6. The second kappa shape index (κ2) is 6.02. The van der Waals surface area contributed by atoms with Crippen LogP contribution in [0.4, 0.5) is 5.69 Å². The highest BCUT2D eigenvalue weighted by Crippen LogP contribution is 2.23. The van der Waals surface area contributed by atoms with E-state index in [0.717, 1.165) is 28.8 Å². The second-order valence-electron chi connectivity index (χ2n) is 5.52. The number of fused-ring (bicyclic) bond motifs is 1. The van der Waals surface area contributed by atoms with Crippen molar-refractivity contribution in [2.75, 3.05) is 11.9 Å². The molecule has 0 radical (unpaired) electrons. The number of nitrogens with one attached hydrogen (secondary N) is 1. The van der Waals surface area contributed by atoms with Gasteiger partial charge in [0.05, 0.1) is 0 Å². The molecule has 2 aromatic carbocycles. The van der Waals surface area contributed by atoms with Crippen LogP contribution in [0.1, 0.15) is 28.4 Å². The summed E-state index contributed by atoms with van der Waals surface area (Å²) in [5.41, 5.74) is 3.61. The predicted molar refractivity (Wildman–Crippen MR) is 85.6 cm³/mol. The number of carbonyl (C=O) groups excluding carboxylic acids is 2. The first-order valence-corrected chi connectivity index (χ1v) is 7.37. The maximum absolute atomic E-state index is 12.6. The average molecular weight is 294 g/mol. The third-order valence-electron chi connectivity index (χ3n) is 3.81. The van der Waals surface area contributed by atoms with E-state index in [2.05, 4.69) is 5.32 Å². The zero-order chi connectivity index (χ0) is 15.5. The maximum atomic E-state index is 12.6. The van der Waals surface area contributed by atoms with Gasteiger partial charge in [0, 0.05) is 31.3 Å². The minimum atomic E-state index is -0.104. The second-order valence-corrected chi connectivity index (χ2v) is 5.52. The van der Waals surface area contributed by atoms with E-state index in [0.29, 0.717) is 13.1 Å². The first-order valence-electron chi connectivity index (χ1n) is 7.37. The number of amides is 2. The lowest BCUT2D eigenvalue weighted by Crippen LogP contribution is -2.37. The summed E-state index contributed by atoms with van der Waals surface area (Å²) >= 11 is 0. The standard InChI is InChI=1S/C18H18N2O2/c1-13(21)19-16-7-8-17-15(11-16)9-10-20(18(17)22)12-14-5-3-2-4-6-14/h2-8,11H,9-10,12H2,1H3,(H,19,21). The highest BCUT2D eigenvalue weighted by atomic mass is 16.2. The van der Waals surface area contributed by atoms with E-state index < -0.39 is 0 Å². The van der Waals surface area contributed by atoms with Crippen molar-refractivity contribution in [2.24, 2.45) is 0 Å². The molecule has 0 aromatic heterocycles. The Labute approximate surface area is 129 Å². The van der Waals surface area contributed by atoms with Crippen LogP contribution in [0.2, 0.25) is 0 Å². The van der Waals surface area contributed by atoms with Crippen molar-refractivity contribution in [3.63, 3.8) is 0 Å². The molecule has 0 unspecified atom stereocenters. The number of benzene rings is 2. The van der Waals surface area contributed by atoms with Crippen LogP contribution >= 0.6 is 0 Å². The molecular weight excluding hydrogens is 276 g/mol. The van der Waals surface area contributed by atoms with Crippen LogP contribution in [0.5, 0.6) is 0 Å². The van der Waals surface area contributed by atoms with Gasteiger partial charge < -0.3 is 10.2 Å². The molecule has 2 aromatic rings. The molecule has 0 bridgehead atoms. The molecule has 1 aliphatic rings. The van der Waals surface area contributed by atoms with Crippen LogP contribution in [0.25, 0.3) is 0 Å². The molecule has 0 spiro atoms. The van der Waals surface area contributed by atoms with Gasteiger partial charge in [-0.3, -0.25) is 9.59 Å². The monoisotopic (exact) mass is 294 g/mol. The van der Waals surface area contributed by atoms with E-state index in [4.69, 9.17) is 0 Å². The van der Waals surface area contributed by atoms with Crippen molar-refractivity contribution < 1.29 is 9.59 Å². The number of nitrogens with zero attached hydrogens (tertiary/aromatic N) is 1. The summed E-state index contributed by atoms with van der Waals surface area (Å²) in [6.45, 7) is 2.81. The average Bonchev–Trinajstić information content (AvgIpc) is 2.50. The van der Waals surface area contributed by atoms with Gasteiger partial charge in [-0.05, 0) is 35.7 Å². The van der Waals surface area contributed by atoms with E-state index >= 15 is 0 Å². The summed E-state index contributed by atoms with van der Waals surface area (Å²) in [7, 11) is 0. The number of hydrogen-bond donors (Lipinski definition) is 1. The number of anilines is 1. The zero-order valence-electron chi connectivity index (χ0n) is 12.5. The molecule has 4 nitrogen and oxygen atoms in total. The smallest absolute Gasteiger partial charge is 0.254 e. The van der Waals surface area contributed by atoms with Gasteiger partial charge in [0.2, 0.25) is 5.91 Å². The Hall–Kier alpha value is -2.62. The lowest BCUT2D eigenvalue weighted by molar-refractivity contribution is -0.114. The van der Waals surface area contributed by atoms with Crippen molar-refractivity contribution in [1.29, 1.82) is 0 Å². The number of hydrogen-bond acceptors (Lipinski definition) is 2. The Kier molecular flexibility index (Phi) is 3.92. The molecule has 1 aliphatic heterocycles. The molecule has 3 rings (SSSR count).